The molecule has 0 radical (unpaired) electrons. The van der Waals surface area contributed by atoms with Crippen molar-refractivity contribution in [3.63, 3.8) is 0 Å². The predicted octanol–water partition coefficient (Wildman–Crippen LogP) is 3.08. The average molecular weight is 390 g/mol. The lowest BCUT2D eigenvalue weighted by molar-refractivity contribution is -0.120. The zero-order valence-electron chi connectivity index (χ0n) is 16.9. The van der Waals surface area contributed by atoms with Crippen LogP contribution >= 0.6 is 0 Å². The minimum Gasteiger partial charge on any atom is -0.383 e. The van der Waals surface area contributed by atoms with Gasteiger partial charge in [0.25, 0.3) is 0 Å². The van der Waals surface area contributed by atoms with Crippen molar-refractivity contribution in [3.05, 3.63) is 66.1 Å². The van der Waals surface area contributed by atoms with Crippen molar-refractivity contribution < 1.29 is 9.53 Å². The van der Waals surface area contributed by atoms with Crippen molar-refractivity contribution in [1.29, 1.82) is 0 Å². The lowest BCUT2D eigenvalue weighted by Crippen LogP contribution is -2.27. The quantitative estimate of drug-likeness (QED) is 0.503. The summed E-state index contributed by atoms with van der Waals surface area (Å²) in [5, 5.41) is 4.16. The molecule has 0 saturated carbocycles. The van der Waals surface area contributed by atoms with Crippen LogP contribution in [0, 0.1) is 0 Å². The molecule has 4 rings (SSSR count). The summed E-state index contributed by atoms with van der Waals surface area (Å²) in [5.74, 6) is 1.00. The summed E-state index contributed by atoms with van der Waals surface area (Å²) >= 11 is 0. The molecule has 0 atom stereocenters. The predicted molar refractivity (Wildman–Crippen MR) is 115 cm³/mol. The molecule has 0 aliphatic rings. The van der Waals surface area contributed by atoms with Gasteiger partial charge >= 0.3 is 0 Å². The minimum atomic E-state index is 0.0263. The van der Waals surface area contributed by atoms with Crippen LogP contribution in [0.3, 0.4) is 0 Å². The highest BCUT2D eigenvalue weighted by Crippen LogP contribution is 2.22. The van der Waals surface area contributed by atoms with Crippen LogP contribution in [0.15, 0.2) is 54.7 Å². The van der Waals surface area contributed by atoms with Crippen LogP contribution in [0.5, 0.6) is 0 Å². The van der Waals surface area contributed by atoms with E-state index in [1.54, 1.807) is 7.11 Å². The Morgan fingerprint density at radius 3 is 2.66 bits per heavy atom. The second-order valence-electron chi connectivity index (χ2n) is 7.21. The van der Waals surface area contributed by atoms with Crippen LogP contribution in [0.25, 0.3) is 21.9 Å². The Morgan fingerprint density at radius 2 is 1.86 bits per heavy atom. The molecule has 0 saturated heterocycles. The number of amides is 1. The van der Waals surface area contributed by atoms with E-state index in [-0.39, 0.29) is 5.91 Å². The van der Waals surface area contributed by atoms with E-state index in [9.17, 15) is 4.79 Å². The van der Waals surface area contributed by atoms with Crippen LogP contribution < -0.4 is 5.32 Å². The number of imidazole rings is 1. The van der Waals surface area contributed by atoms with E-state index in [0.717, 1.165) is 39.9 Å². The Labute approximate surface area is 170 Å². The molecule has 2 aromatic heterocycles. The molecule has 0 spiro atoms. The Balaban J connectivity index is 1.40. The van der Waals surface area contributed by atoms with E-state index >= 15 is 0 Å². The SMILES string of the molecule is COCCn1cc(CC(=O)NCCc2nc3ccccc3n2C)c2ccccc21. The molecular weight excluding hydrogens is 364 g/mol. The fourth-order valence-corrected chi connectivity index (χ4v) is 3.81. The molecule has 0 bridgehead atoms. The third-order valence-electron chi connectivity index (χ3n) is 5.31. The van der Waals surface area contributed by atoms with E-state index in [2.05, 4.69) is 43.8 Å². The molecule has 2 heterocycles. The van der Waals surface area contributed by atoms with Crippen molar-refractivity contribution in [1.82, 2.24) is 19.4 Å². The molecule has 0 fully saturated rings. The molecule has 0 unspecified atom stereocenters. The van der Waals surface area contributed by atoms with Crippen molar-refractivity contribution in [2.45, 2.75) is 19.4 Å². The van der Waals surface area contributed by atoms with E-state index in [1.165, 1.54) is 0 Å². The number of carbonyl (C=O) groups excluding carboxylic acids is 1. The Hall–Kier alpha value is -3.12. The zero-order chi connectivity index (χ0) is 20.2. The molecular formula is C23H26N4O2. The van der Waals surface area contributed by atoms with Gasteiger partial charge in [-0.2, -0.15) is 0 Å². The van der Waals surface area contributed by atoms with Crippen molar-refractivity contribution in [3.8, 4) is 0 Å². The highest BCUT2D eigenvalue weighted by atomic mass is 16.5. The largest absolute Gasteiger partial charge is 0.383 e. The summed E-state index contributed by atoms with van der Waals surface area (Å²) < 4.78 is 9.45. The van der Waals surface area contributed by atoms with E-state index < -0.39 is 0 Å². The van der Waals surface area contributed by atoms with Gasteiger partial charge in [-0.05, 0) is 23.8 Å². The number of benzene rings is 2. The van der Waals surface area contributed by atoms with Crippen LogP contribution in [0.2, 0.25) is 0 Å². The Bertz CT molecular complexity index is 1140. The Kier molecular flexibility index (Phi) is 5.62. The number of aryl methyl sites for hydroxylation is 1. The van der Waals surface area contributed by atoms with E-state index in [4.69, 9.17) is 4.74 Å². The number of ether oxygens (including phenoxy) is 1. The highest BCUT2D eigenvalue weighted by molar-refractivity contribution is 5.89. The summed E-state index contributed by atoms with van der Waals surface area (Å²) in [6.45, 7) is 1.98. The number of rotatable bonds is 8. The fourth-order valence-electron chi connectivity index (χ4n) is 3.81. The van der Waals surface area contributed by atoms with Crippen molar-refractivity contribution in [2.24, 2.45) is 7.05 Å². The molecule has 29 heavy (non-hydrogen) atoms. The van der Waals surface area contributed by atoms with E-state index in [0.29, 0.717) is 26.0 Å². The first kappa shape index (κ1) is 19.2. The number of nitrogens with zero attached hydrogens (tertiary/aromatic N) is 3. The average Bonchev–Trinajstić information content (AvgIpc) is 3.25. The number of aromatic nitrogens is 3. The molecule has 1 N–H and O–H groups in total. The lowest BCUT2D eigenvalue weighted by Gasteiger charge is -2.05. The molecule has 6 nitrogen and oxygen atoms in total. The van der Waals surface area contributed by atoms with Crippen LogP contribution in [0.4, 0.5) is 0 Å². The standard InChI is InChI=1S/C23H26N4O2/c1-26-21-10-6-4-8-19(21)25-22(26)11-12-24-23(28)15-17-16-27(13-14-29-2)20-9-5-3-7-18(17)20/h3-10,16H,11-15H2,1-2H3,(H,24,28). The maximum Gasteiger partial charge on any atom is 0.224 e. The van der Waals surface area contributed by atoms with Gasteiger partial charge in [0.2, 0.25) is 5.91 Å². The Morgan fingerprint density at radius 1 is 1.10 bits per heavy atom. The van der Waals surface area contributed by atoms with Gasteiger partial charge in [-0.3, -0.25) is 4.79 Å². The number of hydrogen-bond donors (Lipinski definition) is 1. The van der Waals surface area contributed by atoms with Crippen LogP contribution in [-0.4, -0.2) is 40.3 Å². The first-order valence-electron chi connectivity index (χ1n) is 9.90. The van der Waals surface area contributed by atoms with Crippen LogP contribution in [-0.2, 0) is 36.0 Å². The smallest absolute Gasteiger partial charge is 0.224 e. The normalized spacial score (nSPS) is 11.4. The number of methoxy groups -OCH3 is 1. The number of hydrogen-bond acceptors (Lipinski definition) is 3. The molecule has 2 aromatic carbocycles. The first-order valence-corrected chi connectivity index (χ1v) is 9.90. The van der Waals surface area contributed by atoms with Crippen molar-refractivity contribution in [2.75, 3.05) is 20.3 Å². The van der Waals surface area contributed by atoms with Crippen LogP contribution in [0.1, 0.15) is 11.4 Å². The van der Waals surface area contributed by atoms with Crippen molar-refractivity contribution >= 4 is 27.8 Å². The lowest BCUT2D eigenvalue weighted by atomic mass is 10.1. The number of carbonyl (C=O) groups is 1. The summed E-state index contributed by atoms with van der Waals surface area (Å²) in [6.07, 6.45) is 3.13. The van der Waals surface area contributed by atoms with Gasteiger partial charge < -0.3 is 19.2 Å². The summed E-state index contributed by atoms with van der Waals surface area (Å²) in [5.41, 5.74) is 4.27. The molecule has 0 aliphatic carbocycles. The molecule has 1 amide bonds. The third kappa shape index (κ3) is 4.03. The highest BCUT2D eigenvalue weighted by Gasteiger charge is 2.12. The number of para-hydroxylation sites is 3. The van der Waals surface area contributed by atoms with Gasteiger partial charge in [-0.1, -0.05) is 30.3 Å². The van der Waals surface area contributed by atoms with Gasteiger partial charge in [-0.25, -0.2) is 4.98 Å². The maximum atomic E-state index is 12.6. The third-order valence-corrected chi connectivity index (χ3v) is 5.31. The monoisotopic (exact) mass is 390 g/mol. The number of fused-ring (bicyclic) bond motifs is 2. The second-order valence-corrected chi connectivity index (χ2v) is 7.21. The maximum absolute atomic E-state index is 12.6. The summed E-state index contributed by atoms with van der Waals surface area (Å²) in [6, 6.07) is 16.3. The van der Waals surface area contributed by atoms with Gasteiger partial charge in [0.05, 0.1) is 24.1 Å². The topological polar surface area (TPSA) is 61.1 Å². The van der Waals surface area contributed by atoms with Gasteiger partial charge in [0, 0.05) is 50.8 Å². The van der Waals surface area contributed by atoms with Gasteiger partial charge in [0.1, 0.15) is 5.82 Å². The summed E-state index contributed by atoms with van der Waals surface area (Å²) in [7, 11) is 3.71. The van der Waals surface area contributed by atoms with Gasteiger partial charge in [0.15, 0.2) is 0 Å². The minimum absolute atomic E-state index is 0.0263. The molecule has 150 valence electrons. The van der Waals surface area contributed by atoms with E-state index in [1.807, 2.05) is 37.4 Å². The molecule has 0 aliphatic heterocycles. The summed E-state index contributed by atoms with van der Waals surface area (Å²) in [4.78, 5) is 17.2. The fraction of sp³-hybridized carbons (Fsp3) is 0.304. The van der Waals surface area contributed by atoms with Gasteiger partial charge in [-0.15, -0.1) is 0 Å². The zero-order valence-corrected chi connectivity index (χ0v) is 16.9. The number of nitrogens with one attached hydrogen (secondary N) is 1. The molecule has 4 aromatic rings. The first-order chi connectivity index (χ1) is 14.2. The molecule has 6 heteroatoms. The second kappa shape index (κ2) is 8.49.